The summed E-state index contributed by atoms with van der Waals surface area (Å²) in [5.41, 5.74) is 1.17. The molecule has 1 saturated carbocycles. The van der Waals surface area contributed by atoms with E-state index in [2.05, 4.69) is 34.6 Å². The molecule has 0 unspecified atom stereocenters. The fraction of sp³-hybridized carbons (Fsp3) is 0.750. The predicted octanol–water partition coefficient (Wildman–Crippen LogP) is 2.63. The van der Waals surface area contributed by atoms with Crippen LogP contribution in [-0.2, 0) is 6.54 Å². The Morgan fingerprint density at radius 2 is 2.25 bits per heavy atom. The van der Waals surface area contributed by atoms with Crippen LogP contribution in [0.3, 0.4) is 0 Å². The first-order chi connectivity index (χ1) is 7.81. The largest absolute Gasteiger partial charge is 0.348 e. The zero-order valence-corrected chi connectivity index (χ0v) is 11.0. The van der Waals surface area contributed by atoms with Crippen LogP contribution in [0, 0.1) is 0 Å². The van der Waals surface area contributed by atoms with Gasteiger partial charge in [0.2, 0.25) is 0 Å². The van der Waals surface area contributed by atoms with Crippen LogP contribution in [0.4, 0.5) is 5.13 Å². The van der Waals surface area contributed by atoms with E-state index in [0.29, 0.717) is 0 Å². The summed E-state index contributed by atoms with van der Waals surface area (Å²) >= 11 is 1.77. The van der Waals surface area contributed by atoms with Crippen LogP contribution in [0.1, 0.15) is 38.3 Å². The van der Waals surface area contributed by atoms with Gasteiger partial charge in [-0.3, -0.25) is 0 Å². The SMILES string of the molecule is CCNCc1csc(N(C)C2CCCC2)n1. The number of nitrogens with one attached hydrogen (secondary N) is 1. The molecular formula is C12H21N3S. The minimum absolute atomic E-state index is 0.720. The van der Waals surface area contributed by atoms with Crippen LogP contribution < -0.4 is 10.2 Å². The average Bonchev–Trinajstić information content (AvgIpc) is 2.96. The molecule has 0 aromatic carbocycles. The lowest BCUT2D eigenvalue weighted by atomic mass is 10.2. The maximum Gasteiger partial charge on any atom is 0.185 e. The van der Waals surface area contributed by atoms with Crippen LogP contribution in [0.25, 0.3) is 0 Å². The zero-order valence-electron chi connectivity index (χ0n) is 10.2. The highest BCUT2D eigenvalue weighted by Crippen LogP contribution is 2.28. The van der Waals surface area contributed by atoms with E-state index in [9.17, 15) is 0 Å². The number of hydrogen-bond acceptors (Lipinski definition) is 4. The number of aromatic nitrogens is 1. The quantitative estimate of drug-likeness (QED) is 0.856. The van der Waals surface area contributed by atoms with Crippen molar-refractivity contribution in [1.82, 2.24) is 10.3 Å². The van der Waals surface area contributed by atoms with Crippen LogP contribution >= 0.6 is 11.3 Å². The van der Waals surface area contributed by atoms with E-state index in [1.807, 2.05) is 0 Å². The van der Waals surface area contributed by atoms with Crippen molar-refractivity contribution in [1.29, 1.82) is 0 Å². The minimum atomic E-state index is 0.720. The first-order valence-corrected chi connectivity index (χ1v) is 7.07. The molecule has 0 spiro atoms. The number of nitrogens with zero attached hydrogens (tertiary/aromatic N) is 2. The molecule has 0 atom stereocenters. The second-order valence-electron chi connectivity index (χ2n) is 4.45. The summed E-state index contributed by atoms with van der Waals surface area (Å²) in [6.45, 7) is 4.02. The lowest BCUT2D eigenvalue weighted by Crippen LogP contribution is -2.28. The van der Waals surface area contributed by atoms with Crippen molar-refractivity contribution in [2.24, 2.45) is 0 Å². The van der Waals surface area contributed by atoms with Crippen molar-refractivity contribution >= 4 is 16.5 Å². The van der Waals surface area contributed by atoms with Crippen molar-refractivity contribution in [2.75, 3.05) is 18.5 Å². The third kappa shape index (κ3) is 2.74. The molecule has 1 N–H and O–H groups in total. The van der Waals surface area contributed by atoms with Crippen LogP contribution in [-0.4, -0.2) is 24.6 Å². The summed E-state index contributed by atoms with van der Waals surface area (Å²) in [5, 5.41) is 6.66. The summed E-state index contributed by atoms with van der Waals surface area (Å²) in [7, 11) is 2.19. The monoisotopic (exact) mass is 239 g/mol. The van der Waals surface area contributed by atoms with Crippen molar-refractivity contribution in [3.8, 4) is 0 Å². The van der Waals surface area contributed by atoms with Crippen molar-refractivity contribution in [2.45, 2.75) is 45.2 Å². The maximum atomic E-state index is 4.67. The van der Waals surface area contributed by atoms with E-state index in [1.165, 1.54) is 36.5 Å². The Bertz CT molecular complexity index is 318. The van der Waals surface area contributed by atoms with Crippen LogP contribution in [0.2, 0.25) is 0 Å². The van der Waals surface area contributed by atoms with Crippen LogP contribution in [0.15, 0.2) is 5.38 Å². The highest BCUT2D eigenvalue weighted by atomic mass is 32.1. The van der Waals surface area contributed by atoms with Gasteiger partial charge in [0, 0.05) is 25.0 Å². The molecule has 0 bridgehead atoms. The first-order valence-electron chi connectivity index (χ1n) is 6.19. The van der Waals surface area contributed by atoms with Crippen LogP contribution in [0.5, 0.6) is 0 Å². The molecule has 1 aliphatic rings. The van der Waals surface area contributed by atoms with Gasteiger partial charge in [-0.05, 0) is 19.4 Å². The molecule has 0 radical (unpaired) electrons. The second kappa shape index (κ2) is 5.64. The normalized spacial score (nSPS) is 16.9. The van der Waals surface area contributed by atoms with Gasteiger partial charge in [0.15, 0.2) is 5.13 Å². The standard InChI is InChI=1S/C12H21N3S/c1-3-13-8-10-9-16-12(14-10)15(2)11-6-4-5-7-11/h9,11,13H,3-8H2,1-2H3. The molecule has 1 heterocycles. The molecule has 1 aliphatic carbocycles. The smallest absolute Gasteiger partial charge is 0.185 e. The van der Waals surface area contributed by atoms with Gasteiger partial charge >= 0.3 is 0 Å². The van der Waals surface area contributed by atoms with E-state index in [0.717, 1.165) is 19.1 Å². The summed E-state index contributed by atoms with van der Waals surface area (Å²) < 4.78 is 0. The Balaban J connectivity index is 1.94. The molecule has 90 valence electrons. The molecular weight excluding hydrogens is 218 g/mol. The number of rotatable bonds is 5. The highest BCUT2D eigenvalue weighted by molar-refractivity contribution is 7.13. The third-order valence-electron chi connectivity index (χ3n) is 3.27. The summed E-state index contributed by atoms with van der Waals surface area (Å²) in [6.07, 6.45) is 5.42. The Hall–Kier alpha value is -0.610. The molecule has 2 rings (SSSR count). The van der Waals surface area contributed by atoms with E-state index in [4.69, 9.17) is 0 Å². The summed E-state index contributed by atoms with van der Waals surface area (Å²) in [5.74, 6) is 0. The molecule has 4 heteroatoms. The molecule has 0 aliphatic heterocycles. The predicted molar refractivity (Wildman–Crippen MR) is 70.2 cm³/mol. The van der Waals surface area contributed by atoms with Gasteiger partial charge in [-0.25, -0.2) is 4.98 Å². The van der Waals surface area contributed by atoms with Gasteiger partial charge in [-0.2, -0.15) is 0 Å². The third-order valence-corrected chi connectivity index (χ3v) is 4.25. The Kier molecular flexibility index (Phi) is 4.18. The lowest BCUT2D eigenvalue weighted by molar-refractivity contribution is 0.648. The summed E-state index contributed by atoms with van der Waals surface area (Å²) in [6, 6.07) is 0.720. The van der Waals surface area contributed by atoms with Crippen molar-refractivity contribution in [3.63, 3.8) is 0 Å². The molecule has 1 fully saturated rings. The first kappa shape index (κ1) is 11.9. The Morgan fingerprint density at radius 3 is 2.94 bits per heavy atom. The van der Waals surface area contributed by atoms with E-state index in [1.54, 1.807) is 11.3 Å². The van der Waals surface area contributed by atoms with E-state index < -0.39 is 0 Å². The average molecular weight is 239 g/mol. The van der Waals surface area contributed by atoms with E-state index >= 15 is 0 Å². The number of thiazole rings is 1. The topological polar surface area (TPSA) is 28.2 Å². The second-order valence-corrected chi connectivity index (χ2v) is 5.29. The van der Waals surface area contributed by atoms with Crippen molar-refractivity contribution in [3.05, 3.63) is 11.1 Å². The van der Waals surface area contributed by atoms with Crippen molar-refractivity contribution < 1.29 is 0 Å². The van der Waals surface area contributed by atoms with Gasteiger partial charge in [0.25, 0.3) is 0 Å². The van der Waals surface area contributed by atoms with Gasteiger partial charge in [-0.15, -0.1) is 11.3 Å². The Labute approximate surface area is 102 Å². The fourth-order valence-electron chi connectivity index (χ4n) is 2.24. The number of hydrogen-bond donors (Lipinski definition) is 1. The highest BCUT2D eigenvalue weighted by Gasteiger charge is 2.21. The molecule has 0 amide bonds. The molecule has 0 saturated heterocycles. The summed E-state index contributed by atoms with van der Waals surface area (Å²) in [4.78, 5) is 7.04. The van der Waals surface area contributed by atoms with E-state index in [-0.39, 0.29) is 0 Å². The van der Waals surface area contributed by atoms with Gasteiger partial charge in [0.1, 0.15) is 0 Å². The molecule has 16 heavy (non-hydrogen) atoms. The Morgan fingerprint density at radius 1 is 1.50 bits per heavy atom. The minimum Gasteiger partial charge on any atom is -0.348 e. The lowest BCUT2D eigenvalue weighted by Gasteiger charge is -2.23. The molecule has 1 aromatic rings. The zero-order chi connectivity index (χ0) is 11.4. The van der Waals surface area contributed by atoms with Gasteiger partial charge in [-0.1, -0.05) is 19.8 Å². The molecule has 1 aromatic heterocycles. The number of anilines is 1. The van der Waals surface area contributed by atoms with Gasteiger partial charge < -0.3 is 10.2 Å². The molecule has 3 nitrogen and oxygen atoms in total. The maximum absolute atomic E-state index is 4.67. The van der Waals surface area contributed by atoms with Gasteiger partial charge in [0.05, 0.1) is 5.69 Å². The fourth-order valence-corrected chi connectivity index (χ4v) is 3.10.